The van der Waals surface area contributed by atoms with Crippen LogP contribution in [0.15, 0.2) is 30.3 Å². The fraction of sp³-hybridized carbons (Fsp3) is 0.0769. The number of benzene rings is 2. The van der Waals surface area contributed by atoms with Crippen molar-refractivity contribution < 1.29 is 17.9 Å². The van der Waals surface area contributed by atoms with Crippen molar-refractivity contribution in [2.24, 2.45) is 0 Å². The molecule has 0 aliphatic heterocycles. The van der Waals surface area contributed by atoms with Gasteiger partial charge in [-0.25, -0.2) is 4.39 Å². The van der Waals surface area contributed by atoms with Crippen LogP contribution in [0.5, 0.6) is 5.75 Å². The van der Waals surface area contributed by atoms with E-state index in [9.17, 15) is 13.2 Å². The second kappa shape index (κ2) is 6.12. The highest BCUT2D eigenvalue weighted by Crippen LogP contribution is 2.40. The molecule has 0 unspecified atom stereocenters. The van der Waals surface area contributed by atoms with E-state index in [1.54, 1.807) is 0 Å². The maximum atomic E-state index is 13.5. The Morgan fingerprint density at radius 3 is 2.25 bits per heavy atom. The Hall–Kier alpha value is -1.10. The third-order valence-corrected chi connectivity index (χ3v) is 3.55. The highest BCUT2D eigenvalue weighted by atomic mass is 35.5. The monoisotopic (exact) mass is 340 g/mol. The van der Waals surface area contributed by atoms with Crippen LogP contribution >= 0.6 is 34.8 Å². The lowest BCUT2D eigenvalue weighted by Crippen LogP contribution is -2.02. The number of hydrogen-bond acceptors (Lipinski definition) is 1. The minimum Gasteiger partial charge on any atom is -0.435 e. The van der Waals surface area contributed by atoms with Crippen LogP contribution in [-0.4, -0.2) is 6.61 Å². The lowest BCUT2D eigenvalue weighted by molar-refractivity contribution is -0.0499. The normalized spacial score (nSPS) is 10.9. The van der Waals surface area contributed by atoms with Crippen molar-refractivity contribution in [3.8, 4) is 16.9 Å². The van der Waals surface area contributed by atoms with Crippen LogP contribution in [0.2, 0.25) is 15.1 Å². The maximum absolute atomic E-state index is 13.5. The van der Waals surface area contributed by atoms with Gasteiger partial charge in [0.05, 0.1) is 10.0 Å². The molecule has 0 atom stereocenters. The van der Waals surface area contributed by atoms with Crippen LogP contribution in [-0.2, 0) is 0 Å². The molecule has 0 bridgehead atoms. The van der Waals surface area contributed by atoms with Crippen molar-refractivity contribution in [2.75, 3.05) is 0 Å². The van der Waals surface area contributed by atoms with E-state index in [-0.39, 0.29) is 31.9 Å². The molecule has 0 spiro atoms. The van der Waals surface area contributed by atoms with Gasteiger partial charge >= 0.3 is 6.61 Å². The van der Waals surface area contributed by atoms with Gasteiger partial charge < -0.3 is 4.74 Å². The van der Waals surface area contributed by atoms with Gasteiger partial charge in [0.2, 0.25) is 0 Å². The minimum absolute atomic E-state index is 0.104. The first-order chi connectivity index (χ1) is 9.38. The van der Waals surface area contributed by atoms with Crippen LogP contribution in [0.25, 0.3) is 11.1 Å². The van der Waals surface area contributed by atoms with Crippen LogP contribution in [0.3, 0.4) is 0 Å². The fourth-order valence-corrected chi connectivity index (χ4v) is 2.42. The van der Waals surface area contributed by atoms with Gasteiger partial charge in [-0.05, 0) is 29.8 Å². The Balaban J connectivity index is 2.58. The molecule has 0 N–H and O–H groups in total. The van der Waals surface area contributed by atoms with Crippen molar-refractivity contribution in [1.82, 2.24) is 0 Å². The van der Waals surface area contributed by atoms with Crippen LogP contribution < -0.4 is 4.74 Å². The summed E-state index contributed by atoms with van der Waals surface area (Å²) in [5, 5.41) is 0.535. The lowest BCUT2D eigenvalue weighted by atomic mass is 10.0. The largest absolute Gasteiger partial charge is 0.435 e. The molecule has 0 aromatic heterocycles. The van der Waals surface area contributed by atoms with Crippen LogP contribution in [0.1, 0.15) is 0 Å². The summed E-state index contributed by atoms with van der Waals surface area (Å²) in [6.07, 6.45) is 0. The van der Waals surface area contributed by atoms with Gasteiger partial charge in [-0.2, -0.15) is 8.78 Å². The highest BCUT2D eigenvalue weighted by molar-refractivity contribution is 6.46. The fourth-order valence-electron chi connectivity index (χ4n) is 1.67. The molecule has 0 fully saturated rings. The smallest absolute Gasteiger partial charge is 0.387 e. The van der Waals surface area contributed by atoms with Gasteiger partial charge in [0.15, 0.2) is 0 Å². The molecule has 2 rings (SSSR count). The third-order valence-electron chi connectivity index (χ3n) is 2.43. The van der Waals surface area contributed by atoms with Crippen molar-refractivity contribution >= 4 is 34.8 Å². The van der Waals surface area contributed by atoms with E-state index in [0.717, 1.165) is 12.1 Å². The van der Waals surface area contributed by atoms with Gasteiger partial charge in [0.1, 0.15) is 11.6 Å². The molecule has 0 saturated carbocycles. The maximum Gasteiger partial charge on any atom is 0.387 e. The zero-order valence-electron chi connectivity index (χ0n) is 9.64. The number of rotatable bonds is 3. The molecule has 0 saturated heterocycles. The zero-order chi connectivity index (χ0) is 14.9. The van der Waals surface area contributed by atoms with Crippen LogP contribution in [0.4, 0.5) is 13.2 Å². The summed E-state index contributed by atoms with van der Waals surface area (Å²) >= 11 is 17.9. The molecule has 0 radical (unpaired) electrons. The molecular formula is C13H6Cl3F3O. The summed E-state index contributed by atoms with van der Waals surface area (Å²) < 4.78 is 42.0. The summed E-state index contributed by atoms with van der Waals surface area (Å²) in [5.74, 6) is -1.09. The van der Waals surface area contributed by atoms with E-state index >= 15 is 0 Å². The number of halogens is 6. The van der Waals surface area contributed by atoms with Crippen molar-refractivity contribution in [2.45, 2.75) is 6.61 Å². The molecule has 0 aliphatic carbocycles. The predicted molar refractivity (Wildman–Crippen MR) is 73.5 cm³/mol. The van der Waals surface area contributed by atoms with E-state index in [2.05, 4.69) is 4.74 Å². The van der Waals surface area contributed by atoms with Crippen molar-refractivity contribution in [1.29, 1.82) is 0 Å². The number of alkyl halides is 2. The van der Waals surface area contributed by atoms with E-state index in [1.165, 1.54) is 18.2 Å². The van der Waals surface area contributed by atoms with E-state index in [1.807, 2.05) is 0 Å². The molecule has 1 nitrogen and oxygen atoms in total. The Morgan fingerprint density at radius 2 is 1.60 bits per heavy atom. The molecule has 0 aliphatic rings. The van der Waals surface area contributed by atoms with Crippen molar-refractivity contribution in [3.63, 3.8) is 0 Å². The van der Waals surface area contributed by atoms with Gasteiger partial charge in [-0.3, -0.25) is 0 Å². The summed E-state index contributed by atoms with van der Waals surface area (Å²) in [4.78, 5) is 0. The van der Waals surface area contributed by atoms with E-state index in [4.69, 9.17) is 34.8 Å². The topological polar surface area (TPSA) is 9.23 Å². The Morgan fingerprint density at radius 1 is 0.950 bits per heavy atom. The molecule has 0 heterocycles. The average Bonchev–Trinajstić information content (AvgIpc) is 2.33. The standard InChI is InChI=1S/C13H6Cl3F3O/c14-9-1-2-10(15)12(16)11(9)6-3-7(17)5-8(4-6)20-13(18)19/h1-5,13H. The number of hydrogen-bond donors (Lipinski definition) is 0. The van der Waals surface area contributed by atoms with Gasteiger partial charge in [-0.1, -0.05) is 34.8 Å². The third kappa shape index (κ3) is 3.32. The summed E-state index contributed by atoms with van der Waals surface area (Å²) in [5.41, 5.74) is 0.442. The molecule has 106 valence electrons. The average molecular weight is 342 g/mol. The van der Waals surface area contributed by atoms with Gasteiger partial charge in [0.25, 0.3) is 0 Å². The van der Waals surface area contributed by atoms with Crippen molar-refractivity contribution in [3.05, 3.63) is 51.2 Å². The molecule has 20 heavy (non-hydrogen) atoms. The minimum atomic E-state index is -3.06. The second-order valence-electron chi connectivity index (χ2n) is 3.77. The van der Waals surface area contributed by atoms with E-state index in [0.29, 0.717) is 0 Å². The predicted octanol–water partition coefficient (Wildman–Crippen LogP) is 6.05. The Bertz CT molecular complexity index is 647. The Labute approximate surface area is 127 Å². The quantitative estimate of drug-likeness (QED) is 0.617. The second-order valence-corrected chi connectivity index (χ2v) is 4.96. The van der Waals surface area contributed by atoms with Crippen LogP contribution in [0, 0.1) is 5.82 Å². The summed E-state index contributed by atoms with van der Waals surface area (Å²) in [6.45, 7) is -3.06. The van der Waals surface area contributed by atoms with Gasteiger partial charge in [-0.15, -0.1) is 0 Å². The highest BCUT2D eigenvalue weighted by Gasteiger charge is 2.15. The lowest BCUT2D eigenvalue weighted by Gasteiger charge is -2.11. The van der Waals surface area contributed by atoms with E-state index < -0.39 is 12.4 Å². The first-order valence-corrected chi connectivity index (χ1v) is 6.41. The molecule has 0 amide bonds. The molecule has 2 aromatic carbocycles. The molecule has 2 aromatic rings. The Kier molecular flexibility index (Phi) is 4.68. The zero-order valence-corrected chi connectivity index (χ0v) is 11.9. The number of ether oxygens (including phenoxy) is 1. The first kappa shape index (κ1) is 15.3. The molecular weight excluding hydrogens is 335 g/mol. The van der Waals surface area contributed by atoms with Gasteiger partial charge in [0, 0.05) is 16.7 Å². The molecule has 7 heteroatoms. The first-order valence-electron chi connectivity index (χ1n) is 5.27. The summed E-state index contributed by atoms with van der Waals surface area (Å²) in [6, 6.07) is 6.09. The summed E-state index contributed by atoms with van der Waals surface area (Å²) in [7, 11) is 0. The SMILES string of the molecule is Fc1cc(OC(F)F)cc(-c2c(Cl)ccc(Cl)c2Cl)c1.